The Labute approximate surface area is 107 Å². The van der Waals surface area contributed by atoms with Crippen LogP contribution in [0.25, 0.3) is 0 Å². The quantitative estimate of drug-likeness (QED) is 0.464. The minimum absolute atomic E-state index is 0.272. The first-order valence-corrected chi connectivity index (χ1v) is 5.59. The fourth-order valence-electron chi connectivity index (χ4n) is 1.42. The molecule has 0 fully saturated rings. The van der Waals surface area contributed by atoms with Crippen LogP contribution < -0.4 is 11.1 Å². The van der Waals surface area contributed by atoms with Crippen LogP contribution in [0.2, 0.25) is 0 Å². The molecule has 6 nitrogen and oxygen atoms in total. The Morgan fingerprint density at radius 1 is 1.32 bits per heavy atom. The SMILES string of the molecule is NCCCCNC(=O)c1cc(F)c([N+](=O)[O-])cc1F. The predicted octanol–water partition coefficient (Wildman–Crippen LogP) is 1.34. The average molecular weight is 273 g/mol. The summed E-state index contributed by atoms with van der Waals surface area (Å²) in [5, 5.41) is 12.8. The van der Waals surface area contributed by atoms with Gasteiger partial charge in [-0.2, -0.15) is 4.39 Å². The first-order valence-electron chi connectivity index (χ1n) is 5.59. The number of nitro benzene ring substituents is 1. The van der Waals surface area contributed by atoms with Gasteiger partial charge in [0.05, 0.1) is 16.6 Å². The number of benzene rings is 1. The zero-order chi connectivity index (χ0) is 14.4. The van der Waals surface area contributed by atoms with Crippen molar-refractivity contribution in [1.82, 2.24) is 5.32 Å². The van der Waals surface area contributed by atoms with E-state index in [0.717, 1.165) is 0 Å². The largest absolute Gasteiger partial charge is 0.352 e. The number of carbonyl (C=O) groups excluding carboxylic acids is 1. The summed E-state index contributed by atoms with van der Waals surface area (Å²) in [6, 6.07) is 0.913. The van der Waals surface area contributed by atoms with Crippen LogP contribution >= 0.6 is 0 Å². The van der Waals surface area contributed by atoms with Gasteiger partial charge in [0, 0.05) is 6.54 Å². The summed E-state index contributed by atoms with van der Waals surface area (Å²) in [4.78, 5) is 20.9. The van der Waals surface area contributed by atoms with Gasteiger partial charge in [-0.1, -0.05) is 0 Å². The molecule has 1 rings (SSSR count). The minimum Gasteiger partial charge on any atom is -0.352 e. The highest BCUT2D eigenvalue weighted by Crippen LogP contribution is 2.21. The van der Waals surface area contributed by atoms with Crippen LogP contribution in [-0.2, 0) is 0 Å². The highest BCUT2D eigenvalue weighted by atomic mass is 19.1. The smallest absolute Gasteiger partial charge is 0.307 e. The van der Waals surface area contributed by atoms with Crippen LogP contribution in [0.5, 0.6) is 0 Å². The normalized spacial score (nSPS) is 10.3. The van der Waals surface area contributed by atoms with Gasteiger partial charge in [-0.3, -0.25) is 14.9 Å². The van der Waals surface area contributed by atoms with Gasteiger partial charge in [0.1, 0.15) is 5.82 Å². The Bertz CT molecular complexity index is 494. The summed E-state index contributed by atoms with van der Waals surface area (Å²) >= 11 is 0. The Balaban J connectivity index is 2.81. The number of nitrogens with zero attached hydrogens (tertiary/aromatic N) is 1. The molecule has 0 aliphatic carbocycles. The summed E-state index contributed by atoms with van der Waals surface area (Å²) in [6.07, 6.45) is 1.30. The van der Waals surface area contributed by atoms with Gasteiger partial charge >= 0.3 is 5.69 Å². The van der Waals surface area contributed by atoms with Gasteiger partial charge in [0.15, 0.2) is 0 Å². The van der Waals surface area contributed by atoms with E-state index in [1.54, 1.807) is 0 Å². The number of unbranched alkanes of at least 4 members (excludes halogenated alkanes) is 1. The van der Waals surface area contributed by atoms with Crippen molar-refractivity contribution in [1.29, 1.82) is 0 Å². The molecule has 0 atom stereocenters. The predicted molar refractivity (Wildman–Crippen MR) is 63.6 cm³/mol. The number of nitro groups is 1. The lowest BCUT2D eigenvalue weighted by Crippen LogP contribution is -2.26. The standard InChI is InChI=1S/C11H13F2N3O3/c12-8-6-10(16(18)19)9(13)5-7(8)11(17)15-4-2-1-3-14/h5-6H,1-4,14H2,(H,15,17). The topological polar surface area (TPSA) is 98.3 Å². The van der Waals surface area contributed by atoms with E-state index in [9.17, 15) is 23.7 Å². The van der Waals surface area contributed by atoms with E-state index < -0.39 is 33.7 Å². The molecular weight excluding hydrogens is 260 g/mol. The first kappa shape index (κ1) is 15.0. The third-order valence-corrected chi connectivity index (χ3v) is 2.39. The number of nitrogens with two attached hydrogens (primary N) is 1. The van der Waals surface area contributed by atoms with Gasteiger partial charge in [-0.15, -0.1) is 0 Å². The molecule has 0 spiro atoms. The Morgan fingerprint density at radius 2 is 2.00 bits per heavy atom. The number of halogens is 2. The highest BCUT2D eigenvalue weighted by Gasteiger charge is 2.21. The van der Waals surface area contributed by atoms with Gasteiger partial charge in [0.25, 0.3) is 5.91 Å². The molecule has 0 heterocycles. The Hall–Kier alpha value is -2.09. The summed E-state index contributed by atoms with van der Waals surface area (Å²) in [5.41, 5.74) is 3.70. The van der Waals surface area contributed by atoms with E-state index in [2.05, 4.69) is 5.32 Å². The van der Waals surface area contributed by atoms with Crippen LogP contribution in [0.15, 0.2) is 12.1 Å². The number of hydrogen-bond donors (Lipinski definition) is 2. The van der Waals surface area contributed by atoms with E-state index >= 15 is 0 Å². The van der Waals surface area contributed by atoms with Crippen molar-refractivity contribution < 1.29 is 18.5 Å². The molecule has 0 aliphatic heterocycles. The molecule has 1 aromatic rings. The second-order valence-corrected chi connectivity index (χ2v) is 3.79. The fourth-order valence-corrected chi connectivity index (χ4v) is 1.42. The molecule has 1 amide bonds. The monoisotopic (exact) mass is 273 g/mol. The number of carbonyl (C=O) groups is 1. The summed E-state index contributed by atoms with van der Waals surface area (Å²) < 4.78 is 26.7. The minimum atomic E-state index is -1.25. The lowest BCUT2D eigenvalue weighted by molar-refractivity contribution is -0.387. The fraction of sp³-hybridized carbons (Fsp3) is 0.364. The number of hydrogen-bond acceptors (Lipinski definition) is 4. The van der Waals surface area contributed by atoms with Crippen molar-refractivity contribution in [2.24, 2.45) is 5.73 Å². The van der Waals surface area contributed by atoms with E-state index in [1.807, 2.05) is 0 Å². The summed E-state index contributed by atoms with van der Waals surface area (Å²) in [7, 11) is 0. The van der Waals surface area contributed by atoms with Gasteiger partial charge < -0.3 is 11.1 Å². The average Bonchev–Trinajstić information content (AvgIpc) is 2.36. The van der Waals surface area contributed by atoms with Crippen molar-refractivity contribution in [3.63, 3.8) is 0 Å². The Morgan fingerprint density at radius 3 is 2.58 bits per heavy atom. The third-order valence-electron chi connectivity index (χ3n) is 2.39. The van der Waals surface area contributed by atoms with Crippen molar-refractivity contribution in [3.8, 4) is 0 Å². The van der Waals surface area contributed by atoms with Gasteiger partial charge in [-0.25, -0.2) is 4.39 Å². The number of rotatable bonds is 6. The van der Waals surface area contributed by atoms with E-state index in [4.69, 9.17) is 5.73 Å². The molecule has 0 bridgehead atoms. The van der Waals surface area contributed by atoms with Crippen molar-refractivity contribution in [2.45, 2.75) is 12.8 Å². The van der Waals surface area contributed by atoms with Crippen LogP contribution in [0.4, 0.5) is 14.5 Å². The molecule has 0 aliphatic rings. The molecular formula is C11H13F2N3O3. The van der Waals surface area contributed by atoms with E-state index in [1.165, 1.54) is 0 Å². The molecule has 3 N–H and O–H groups in total. The van der Waals surface area contributed by atoms with Crippen LogP contribution in [0, 0.1) is 21.7 Å². The van der Waals surface area contributed by atoms with Crippen LogP contribution in [-0.4, -0.2) is 23.9 Å². The third kappa shape index (κ3) is 3.95. The van der Waals surface area contributed by atoms with Crippen molar-refractivity contribution in [3.05, 3.63) is 39.4 Å². The molecule has 19 heavy (non-hydrogen) atoms. The maximum Gasteiger partial charge on any atom is 0.307 e. The summed E-state index contributed by atoms with van der Waals surface area (Å²) in [5.74, 6) is -3.20. The maximum atomic E-state index is 13.5. The highest BCUT2D eigenvalue weighted by molar-refractivity contribution is 5.94. The molecule has 0 saturated heterocycles. The molecule has 0 unspecified atom stereocenters. The molecule has 0 aromatic heterocycles. The molecule has 0 radical (unpaired) electrons. The lowest BCUT2D eigenvalue weighted by Gasteiger charge is -2.06. The number of nitrogens with one attached hydrogen (secondary N) is 1. The zero-order valence-corrected chi connectivity index (χ0v) is 9.99. The Kier molecular flexibility index (Phi) is 5.31. The molecule has 104 valence electrons. The van der Waals surface area contributed by atoms with E-state index in [-0.39, 0.29) is 6.54 Å². The van der Waals surface area contributed by atoms with Crippen LogP contribution in [0.3, 0.4) is 0 Å². The number of amides is 1. The van der Waals surface area contributed by atoms with Crippen molar-refractivity contribution in [2.75, 3.05) is 13.1 Å². The molecule has 0 saturated carbocycles. The van der Waals surface area contributed by atoms with Gasteiger partial charge in [0.2, 0.25) is 5.82 Å². The lowest BCUT2D eigenvalue weighted by atomic mass is 10.1. The molecule has 1 aromatic carbocycles. The summed E-state index contributed by atoms with van der Waals surface area (Å²) in [6.45, 7) is 0.741. The second-order valence-electron chi connectivity index (χ2n) is 3.79. The van der Waals surface area contributed by atoms with Crippen molar-refractivity contribution >= 4 is 11.6 Å². The van der Waals surface area contributed by atoms with E-state index in [0.29, 0.717) is 31.5 Å². The van der Waals surface area contributed by atoms with Gasteiger partial charge in [-0.05, 0) is 25.5 Å². The zero-order valence-electron chi connectivity index (χ0n) is 9.99. The van der Waals surface area contributed by atoms with Crippen LogP contribution in [0.1, 0.15) is 23.2 Å². The first-order chi connectivity index (χ1) is 8.97. The molecule has 8 heteroatoms. The maximum absolute atomic E-state index is 13.5. The second kappa shape index (κ2) is 6.74.